The highest BCUT2D eigenvalue weighted by Gasteiger charge is 2.24. The van der Waals surface area contributed by atoms with E-state index in [0.29, 0.717) is 35.0 Å². The van der Waals surface area contributed by atoms with Gasteiger partial charge in [-0.05, 0) is 74.9 Å². The van der Waals surface area contributed by atoms with Crippen LogP contribution >= 0.6 is 0 Å². The molecule has 0 fully saturated rings. The van der Waals surface area contributed by atoms with Gasteiger partial charge in [-0.25, -0.2) is 21.8 Å². The van der Waals surface area contributed by atoms with E-state index >= 15 is 0 Å². The SMILES string of the molecule is CCCNc1cc(Oc2ccc(N(c3ccc(C)cc3)S(=O)O)c(C(=O)OC)c2)ccc1N(c1ccc(C)cc1)S(=O)O. The highest BCUT2D eigenvalue weighted by Crippen LogP contribution is 2.39. The second-order valence-corrected chi connectivity index (χ2v) is 11.3. The van der Waals surface area contributed by atoms with Crippen LogP contribution < -0.4 is 18.7 Å². The molecular formula is C31H33N3O7S2. The summed E-state index contributed by atoms with van der Waals surface area (Å²) in [5, 5.41) is 3.29. The highest BCUT2D eigenvalue weighted by molar-refractivity contribution is 7.81. The molecule has 2 unspecified atom stereocenters. The van der Waals surface area contributed by atoms with E-state index in [1.54, 1.807) is 60.7 Å². The molecule has 4 aromatic carbocycles. The Morgan fingerprint density at radius 2 is 1.26 bits per heavy atom. The Morgan fingerprint density at radius 3 is 1.74 bits per heavy atom. The summed E-state index contributed by atoms with van der Waals surface area (Å²) in [6.07, 6.45) is 0.810. The molecule has 0 saturated carbocycles. The number of carbonyl (C=O) groups excluding carboxylic acids is 1. The van der Waals surface area contributed by atoms with Gasteiger partial charge in [0.15, 0.2) is 0 Å². The lowest BCUT2D eigenvalue weighted by atomic mass is 10.1. The minimum atomic E-state index is -2.49. The zero-order chi connectivity index (χ0) is 31.1. The summed E-state index contributed by atoms with van der Waals surface area (Å²) < 4.78 is 58.7. The summed E-state index contributed by atoms with van der Waals surface area (Å²) in [5.74, 6) is -0.0607. The van der Waals surface area contributed by atoms with Gasteiger partial charge in [-0.15, -0.1) is 0 Å². The molecule has 0 aliphatic rings. The monoisotopic (exact) mass is 623 g/mol. The summed E-state index contributed by atoms with van der Waals surface area (Å²) >= 11 is -4.85. The Hall–Kier alpha value is -4.23. The van der Waals surface area contributed by atoms with E-state index < -0.39 is 28.5 Å². The molecule has 0 saturated heterocycles. The van der Waals surface area contributed by atoms with Gasteiger partial charge in [0.25, 0.3) is 22.5 Å². The minimum Gasteiger partial charge on any atom is -0.465 e. The van der Waals surface area contributed by atoms with Gasteiger partial charge in [-0.3, -0.25) is 9.11 Å². The molecule has 0 radical (unpaired) electrons. The lowest BCUT2D eigenvalue weighted by molar-refractivity contribution is 0.0601. The summed E-state index contributed by atoms with van der Waals surface area (Å²) in [5.41, 5.74) is 4.14. The van der Waals surface area contributed by atoms with Crippen molar-refractivity contribution in [1.29, 1.82) is 0 Å². The molecule has 0 spiro atoms. The van der Waals surface area contributed by atoms with Crippen LogP contribution in [0.4, 0.5) is 28.4 Å². The Kier molecular flexibility index (Phi) is 10.5. The Morgan fingerprint density at radius 1 is 0.767 bits per heavy atom. The predicted octanol–water partition coefficient (Wildman–Crippen LogP) is 7.25. The van der Waals surface area contributed by atoms with Gasteiger partial charge in [0.1, 0.15) is 11.5 Å². The molecule has 2 atom stereocenters. The number of ether oxygens (including phenoxy) is 2. The van der Waals surface area contributed by atoms with Crippen molar-refractivity contribution in [3.05, 3.63) is 102 Å². The van der Waals surface area contributed by atoms with Crippen LogP contribution in [0.2, 0.25) is 0 Å². The number of esters is 1. The van der Waals surface area contributed by atoms with E-state index in [4.69, 9.17) is 9.47 Å². The van der Waals surface area contributed by atoms with Gasteiger partial charge in [-0.1, -0.05) is 42.3 Å². The molecule has 0 bridgehead atoms. The molecule has 226 valence electrons. The van der Waals surface area contributed by atoms with Crippen molar-refractivity contribution in [2.45, 2.75) is 27.2 Å². The first kappa shape index (κ1) is 31.7. The van der Waals surface area contributed by atoms with Gasteiger partial charge in [0.2, 0.25) is 0 Å². The molecule has 43 heavy (non-hydrogen) atoms. The summed E-state index contributed by atoms with van der Waals surface area (Å²) in [6, 6.07) is 23.8. The van der Waals surface area contributed by atoms with Crippen LogP contribution in [0.25, 0.3) is 0 Å². The van der Waals surface area contributed by atoms with E-state index in [2.05, 4.69) is 5.32 Å². The van der Waals surface area contributed by atoms with Crippen molar-refractivity contribution in [2.75, 3.05) is 27.6 Å². The molecule has 10 nitrogen and oxygen atoms in total. The number of rotatable bonds is 12. The normalized spacial score (nSPS) is 12.2. The summed E-state index contributed by atoms with van der Waals surface area (Å²) in [4.78, 5) is 12.8. The number of nitrogens with zero attached hydrogens (tertiary/aromatic N) is 2. The maximum Gasteiger partial charge on any atom is 0.340 e. The molecule has 0 heterocycles. The molecule has 0 amide bonds. The molecular weight excluding hydrogens is 590 g/mol. The van der Waals surface area contributed by atoms with Crippen LogP contribution in [0.1, 0.15) is 34.8 Å². The highest BCUT2D eigenvalue weighted by atomic mass is 32.2. The topological polar surface area (TPSA) is 129 Å². The number of nitrogens with one attached hydrogen (secondary N) is 1. The van der Waals surface area contributed by atoms with Gasteiger partial charge >= 0.3 is 5.97 Å². The number of anilines is 5. The van der Waals surface area contributed by atoms with Crippen molar-refractivity contribution in [3.8, 4) is 11.5 Å². The summed E-state index contributed by atoms with van der Waals surface area (Å²) in [6.45, 7) is 6.44. The van der Waals surface area contributed by atoms with Gasteiger partial charge in [0.05, 0.1) is 41.1 Å². The third-order valence-corrected chi connectivity index (χ3v) is 7.87. The molecule has 0 aliphatic heterocycles. The number of hydrogen-bond donors (Lipinski definition) is 3. The van der Waals surface area contributed by atoms with Crippen LogP contribution in [0.15, 0.2) is 84.9 Å². The van der Waals surface area contributed by atoms with Crippen LogP contribution in [-0.4, -0.2) is 37.1 Å². The van der Waals surface area contributed by atoms with E-state index in [1.807, 2.05) is 32.9 Å². The molecule has 0 aromatic heterocycles. The smallest absolute Gasteiger partial charge is 0.340 e. The lowest BCUT2D eigenvalue weighted by Gasteiger charge is -2.24. The number of benzene rings is 4. The molecule has 3 N–H and O–H groups in total. The maximum atomic E-state index is 12.8. The van der Waals surface area contributed by atoms with Crippen LogP contribution in [0.5, 0.6) is 11.5 Å². The van der Waals surface area contributed by atoms with Crippen molar-refractivity contribution in [1.82, 2.24) is 0 Å². The molecule has 12 heteroatoms. The Bertz CT molecular complexity index is 1630. The number of methoxy groups -OCH3 is 1. The Labute approximate surface area is 256 Å². The summed E-state index contributed by atoms with van der Waals surface area (Å²) in [7, 11) is 1.22. The Balaban J connectivity index is 1.73. The van der Waals surface area contributed by atoms with Crippen molar-refractivity contribution < 1.29 is 31.8 Å². The fourth-order valence-corrected chi connectivity index (χ4v) is 5.57. The second kappa shape index (κ2) is 14.3. The van der Waals surface area contributed by atoms with Crippen LogP contribution in [-0.2, 0) is 27.3 Å². The van der Waals surface area contributed by atoms with Gasteiger partial charge in [-0.2, -0.15) is 0 Å². The first-order chi connectivity index (χ1) is 20.6. The number of hydrogen-bond acceptors (Lipinski definition) is 6. The quantitative estimate of drug-likeness (QED) is 0.111. The van der Waals surface area contributed by atoms with E-state index in [1.165, 1.54) is 23.5 Å². The first-order valence-corrected chi connectivity index (χ1v) is 15.5. The number of aryl methyl sites for hydroxylation is 2. The second-order valence-electron chi connectivity index (χ2n) is 9.60. The number of carbonyl (C=O) groups is 1. The minimum absolute atomic E-state index is 0.0187. The standard InChI is InChI=1S/C31H33N3O7S2/c1-5-18-32-28-20-26(15-17-30(28)34(43(38)39)24-12-8-22(3)9-13-24)41-25-14-16-29(27(19-25)31(35)40-4)33(42(36)37)23-10-6-21(2)7-11-23/h6-17,19-20,32H,5,18H2,1-4H3,(H,36,37)(H,38,39). The third-order valence-electron chi connectivity index (χ3n) is 6.43. The van der Waals surface area contributed by atoms with Crippen molar-refractivity contribution >= 4 is 56.9 Å². The third kappa shape index (κ3) is 7.59. The van der Waals surface area contributed by atoms with Gasteiger partial charge < -0.3 is 14.8 Å². The predicted molar refractivity (Wildman–Crippen MR) is 171 cm³/mol. The molecule has 0 aliphatic carbocycles. The fourth-order valence-electron chi connectivity index (χ4n) is 4.31. The van der Waals surface area contributed by atoms with Crippen molar-refractivity contribution in [3.63, 3.8) is 0 Å². The van der Waals surface area contributed by atoms with Crippen LogP contribution in [0.3, 0.4) is 0 Å². The molecule has 4 aromatic rings. The van der Waals surface area contributed by atoms with E-state index in [9.17, 15) is 22.3 Å². The largest absolute Gasteiger partial charge is 0.465 e. The van der Waals surface area contributed by atoms with Crippen molar-refractivity contribution in [2.24, 2.45) is 0 Å². The fraction of sp³-hybridized carbons (Fsp3) is 0.194. The van der Waals surface area contributed by atoms with Crippen LogP contribution in [0, 0.1) is 13.8 Å². The van der Waals surface area contributed by atoms with E-state index in [0.717, 1.165) is 21.9 Å². The molecule has 4 rings (SSSR count). The lowest BCUT2D eigenvalue weighted by Crippen LogP contribution is -2.22. The first-order valence-electron chi connectivity index (χ1n) is 13.4. The average Bonchev–Trinajstić information content (AvgIpc) is 2.99. The average molecular weight is 624 g/mol. The zero-order valence-corrected chi connectivity index (χ0v) is 25.8. The zero-order valence-electron chi connectivity index (χ0n) is 24.1. The van der Waals surface area contributed by atoms with Gasteiger partial charge in [0, 0.05) is 12.6 Å². The maximum absolute atomic E-state index is 12.8. The van der Waals surface area contributed by atoms with E-state index in [-0.39, 0.29) is 17.0 Å².